The summed E-state index contributed by atoms with van der Waals surface area (Å²) in [6, 6.07) is 10.9. The molecule has 0 radical (unpaired) electrons. The van der Waals surface area contributed by atoms with Gasteiger partial charge in [0.25, 0.3) is 0 Å². The zero-order valence-corrected chi connectivity index (χ0v) is 15.0. The molecule has 0 aliphatic heterocycles. The Balaban J connectivity index is 2.15. The lowest BCUT2D eigenvalue weighted by atomic mass is 10.1. The summed E-state index contributed by atoms with van der Waals surface area (Å²) in [6.45, 7) is 2.28. The third-order valence-corrected chi connectivity index (χ3v) is 6.19. The fourth-order valence-electron chi connectivity index (χ4n) is 1.81. The molecule has 0 bridgehead atoms. The molecule has 0 amide bonds. The molecule has 1 aromatic carbocycles. The minimum Gasteiger partial charge on any atom is -0.313 e. The van der Waals surface area contributed by atoms with Crippen LogP contribution in [0.1, 0.15) is 23.4 Å². The molecular formula is C14H17BrN2O2S2. The average Bonchev–Trinajstić information content (AvgIpc) is 2.90. The van der Waals surface area contributed by atoms with Gasteiger partial charge < -0.3 is 5.32 Å². The first-order valence-electron chi connectivity index (χ1n) is 6.43. The van der Waals surface area contributed by atoms with Crippen molar-refractivity contribution in [1.82, 2.24) is 10.0 Å². The third-order valence-electron chi connectivity index (χ3n) is 3.17. The molecule has 4 nitrogen and oxygen atoms in total. The van der Waals surface area contributed by atoms with E-state index in [2.05, 4.69) is 26.0 Å². The van der Waals surface area contributed by atoms with Gasteiger partial charge in [-0.2, -0.15) is 0 Å². The van der Waals surface area contributed by atoms with Crippen molar-refractivity contribution in [3.05, 3.63) is 50.6 Å². The highest BCUT2D eigenvalue weighted by atomic mass is 79.9. The van der Waals surface area contributed by atoms with Gasteiger partial charge in [-0.05, 0) is 59.7 Å². The lowest BCUT2D eigenvalue weighted by Gasteiger charge is -2.12. The van der Waals surface area contributed by atoms with Gasteiger partial charge in [0.15, 0.2) is 0 Å². The Morgan fingerprint density at radius 2 is 2.05 bits per heavy atom. The van der Waals surface area contributed by atoms with Crippen LogP contribution in [0, 0.1) is 0 Å². The van der Waals surface area contributed by atoms with E-state index < -0.39 is 10.0 Å². The molecule has 0 saturated heterocycles. The highest BCUT2D eigenvalue weighted by Crippen LogP contribution is 2.22. The molecule has 1 aromatic heterocycles. The summed E-state index contributed by atoms with van der Waals surface area (Å²) in [6.07, 6.45) is 0. The maximum absolute atomic E-state index is 12.3. The van der Waals surface area contributed by atoms with Crippen molar-refractivity contribution in [3.63, 3.8) is 0 Å². The number of sulfonamides is 1. The van der Waals surface area contributed by atoms with E-state index in [-0.39, 0.29) is 10.9 Å². The first-order valence-corrected chi connectivity index (χ1v) is 9.53. The molecular weight excluding hydrogens is 372 g/mol. The van der Waals surface area contributed by atoms with Gasteiger partial charge in [-0.1, -0.05) is 12.1 Å². The second kappa shape index (κ2) is 7.02. The standard InChI is InChI=1S/C14H17BrN2O2S2/c1-10(16-2)11-4-3-5-13(8-11)21(18,19)17-9-12-6-7-14(15)20-12/h3-8,10,16-17H,9H2,1-2H3. The molecule has 2 rings (SSSR count). The van der Waals surface area contributed by atoms with Crippen LogP contribution in [0.5, 0.6) is 0 Å². The first-order chi connectivity index (χ1) is 9.92. The summed E-state index contributed by atoms with van der Waals surface area (Å²) in [5.74, 6) is 0. The van der Waals surface area contributed by atoms with E-state index in [9.17, 15) is 8.42 Å². The zero-order chi connectivity index (χ0) is 15.5. The molecule has 2 N–H and O–H groups in total. The first kappa shape index (κ1) is 16.6. The van der Waals surface area contributed by atoms with E-state index in [0.717, 1.165) is 14.2 Å². The Labute approximate surface area is 137 Å². The van der Waals surface area contributed by atoms with E-state index in [1.54, 1.807) is 18.2 Å². The summed E-state index contributed by atoms with van der Waals surface area (Å²) < 4.78 is 28.3. The number of rotatable bonds is 6. The van der Waals surface area contributed by atoms with E-state index in [1.165, 1.54) is 11.3 Å². The van der Waals surface area contributed by atoms with Crippen molar-refractivity contribution in [2.75, 3.05) is 7.05 Å². The Bertz CT molecular complexity index is 713. The summed E-state index contributed by atoms with van der Waals surface area (Å²) in [7, 11) is -1.65. The number of thiophene rings is 1. The molecule has 7 heteroatoms. The number of hydrogen-bond donors (Lipinski definition) is 2. The van der Waals surface area contributed by atoms with Crippen LogP contribution in [-0.2, 0) is 16.6 Å². The molecule has 1 heterocycles. The summed E-state index contributed by atoms with van der Waals surface area (Å²) in [5, 5.41) is 3.10. The van der Waals surface area contributed by atoms with Crippen LogP contribution >= 0.6 is 27.3 Å². The molecule has 1 unspecified atom stereocenters. The Morgan fingerprint density at radius 3 is 2.67 bits per heavy atom. The molecule has 0 aliphatic rings. The Morgan fingerprint density at radius 1 is 1.29 bits per heavy atom. The largest absolute Gasteiger partial charge is 0.313 e. The van der Waals surface area contributed by atoms with E-state index >= 15 is 0 Å². The lowest BCUT2D eigenvalue weighted by molar-refractivity contribution is 0.581. The molecule has 0 fully saturated rings. The maximum Gasteiger partial charge on any atom is 0.240 e. The van der Waals surface area contributed by atoms with Crippen LogP contribution in [0.25, 0.3) is 0 Å². The van der Waals surface area contributed by atoms with Crippen molar-refractivity contribution in [2.45, 2.75) is 24.4 Å². The van der Waals surface area contributed by atoms with Crippen LogP contribution in [0.15, 0.2) is 45.1 Å². The van der Waals surface area contributed by atoms with Crippen molar-refractivity contribution in [2.24, 2.45) is 0 Å². The second-order valence-electron chi connectivity index (χ2n) is 4.61. The van der Waals surface area contributed by atoms with Gasteiger partial charge in [-0.3, -0.25) is 0 Å². The Kier molecular flexibility index (Phi) is 5.56. The van der Waals surface area contributed by atoms with E-state index in [1.807, 2.05) is 32.2 Å². The molecule has 0 spiro atoms. The highest BCUT2D eigenvalue weighted by molar-refractivity contribution is 9.11. The summed E-state index contributed by atoms with van der Waals surface area (Å²) in [5.41, 5.74) is 0.944. The minimum absolute atomic E-state index is 0.105. The fraction of sp³-hybridized carbons (Fsp3) is 0.286. The summed E-state index contributed by atoms with van der Waals surface area (Å²) >= 11 is 4.88. The number of halogens is 1. The van der Waals surface area contributed by atoms with Gasteiger partial charge in [-0.25, -0.2) is 13.1 Å². The number of nitrogens with one attached hydrogen (secondary N) is 2. The molecule has 0 saturated carbocycles. The lowest BCUT2D eigenvalue weighted by Crippen LogP contribution is -2.23. The predicted molar refractivity (Wildman–Crippen MR) is 90.0 cm³/mol. The zero-order valence-electron chi connectivity index (χ0n) is 11.8. The number of benzene rings is 1. The average molecular weight is 389 g/mol. The highest BCUT2D eigenvalue weighted by Gasteiger charge is 2.15. The van der Waals surface area contributed by atoms with Crippen molar-refractivity contribution >= 4 is 37.3 Å². The monoisotopic (exact) mass is 388 g/mol. The quantitative estimate of drug-likeness (QED) is 0.797. The van der Waals surface area contributed by atoms with Crippen LogP contribution in [-0.4, -0.2) is 15.5 Å². The second-order valence-corrected chi connectivity index (χ2v) is 8.93. The number of hydrogen-bond acceptors (Lipinski definition) is 4. The maximum atomic E-state index is 12.3. The van der Waals surface area contributed by atoms with Gasteiger partial charge in [0.1, 0.15) is 0 Å². The molecule has 1 atom stereocenters. The normalized spacial score (nSPS) is 13.3. The molecule has 21 heavy (non-hydrogen) atoms. The molecule has 2 aromatic rings. The summed E-state index contributed by atoms with van der Waals surface area (Å²) in [4.78, 5) is 1.25. The van der Waals surface area contributed by atoms with Crippen molar-refractivity contribution < 1.29 is 8.42 Å². The van der Waals surface area contributed by atoms with Gasteiger partial charge in [0.05, 0.1) is 8.68 Å². The van der Waals surface area contributed by atoms with Gasteiger partial charge in [0.2, 0.25) is 10.0 Å². The van der Waals surface area contributed by atoms with Gasteiger partial charge >= 0.3 is 0 Å². The predicted octanol–water partition coefficient (Wildman–Crippen LogP) is 3.27. The van der Waals surface area contributed by atoms with Crippen LogP contribution < -0.4 is 10.0 Å². The SMILES string of the molecule is CNC(C)c1cccc(S(=O)(=O)NCc2ccc(Br)s2)c1. The smallest absolute Gasteiger partial charge is 0.240 e. The van der Waals surface area contributed by atoms with E-state index in [4.69, 9.17) is 0 Å². The molecule has 0 aliphatic carbocycles. The van der Waals surface area contributed by atoms with Gasteiger partial charge in [0, 0.05) is 17.5 Å². The topological polar surface area (TPSA) is 58.2 Å². The third kappa shape index (κ3) is 4.37. The minimum atomic E-state index is -3.50. The van der Waals surface area contributed by atoms with E-state index in [0.29, 0.717) is 6.54 Å². The Hall–Kier alpha value is -0.730. The van der Waals surface area contributed by atoms with Gasteiger partial charge in [-0.15, -0.1) is 11.3 Å². The van der Waals surface area contributed by atoms with Crippen molar-refractivity contribution in [1.29, 1.82) is 0 Å². The fourth-order valence-corrected chi connectivity index (χ4v) is 4.39. The van der Waals surface area contributed by atoms with Crippen LogP contribution in [0.4, 0.5) is 0 Å². The van der Waals surface area contributed by atoms with Crippen molar-refractivity contribution in [3.8, 4) is 0 Å². The van der Waals surface area contributed by atoms with Crippen LogP contribution in [0.3, 0.4) is 0 Å². The van der Waals surface area contributed by atoms with Crippen LogP contribution in [0.2, 0.25) is 0 Å². The molecule has 114 valence electrons.